The minimum atomic E-state index is -0.147. The molecule has 0 fully saturated rings. The lowest BCUT2D eigenvalue weighted by Gasteiger charge is -2.13. The summed E-state index contributed by atoms with van der Waals surface area (Å²) in [6.07, 6.45) is 4.28. The maximum atomic E-state index is 12.3. The number of rotatable bonds is 3. The van der Waals surface area contributed by atoms with Crippen LogP contribution in [-0.2, 0) is 17.6 Å². The predicted octanol–water partition coefficient (Wildman–Crippen LogP) is 3.84. The van der Waals surface area contributed by atoms with Crippen LogP contribution in [0.5, 0.6) is 0 Å². The van der Waals surface area contributed by atoms with Crippen molar-refractivity contribution in [3.05, 3.63) is 46.3 Å². The van der Waals surface area contributed by atoms with Crippen LogP contribution in [0.1, 0.15) is 40.6 Å². The van der Waals surface area contributed by atoms with Gasteiger partial charge in [-0.3, -0.25) is 9.59 Å². The van der Waals surface area contributed by atoms with E-state index in [1.54, 1.807) is 23.5 Å². The summed E-state index contributed by atoms with van der Waals surface area (Å²) in [5, 5.41) is 6.60. The van der Waals surface area contributed by atoms with Crippen molar-refractivity contribution in [1.29, 1.82) is 0 Å². The molecule has 0 atom stereocenters. The van der Waals surface area contributed by atoms with Crippen LogP contribution in [0, 0.1) is 0 Å². The van der Waals surface area contributed by atoms with Crippen LogP contribution >= 0.6 is 11.3 Å². The van der Waals surface area contributed by atoms with Gasteiger partial charge in [0.15, 0.2) is 0 Å². The molecule has 4 nitrogen and oxygen atoms in total. The second-order valence-electron chi connectivity index (χ2n) is 5.42. The molecule has 0 spiro atoms. The lowest BCUT2D eigenvalue weighted by molar-refractivity contribution is -0.114. The number of anilines is 2. The van der Waals surface area contributed by atoms with Gasteiger partial charge in [0.25, 0.3) is 5.91 Å². The molecule has 5 heteroatoms. The average molecular weight is 314 g/mol. The van der Waals surface area contributed by atoms with E-state index in [-0.39, 0.29) is 11.8 Å². The minimum Gasteiger partial charge on any atom is -0.324 e. The summed E-state index contributed by atoms with van der Waals surface area (Å²) in [6.45, 7) is 1.50. The first-order valence-corrected chi connectivity index (χ1v) is 8.25. The second kappa shape index (κ2) is 6.32. The summed E-state index contributed by atoms with van der Waals surface area (Å²) in [4.78, 5) is 25.1. The van der Waals surface area contributed by atoms with Gasteiger partial charge in [-0.2, -0.15) is 0 Å². The van der Waals surface area contributed by atoms with Gasteiger partial charge in [-0.25, -0.2) is 0 Å². The molecule has 2 N–H and O–H groups in total. The SMILES string of the molecule is CC(=O)Nc1c(NC(=O)c2ccccc2)sc2c1CCCC2. The molecule has 1 aliphatic carbocycles. The molecule has 3 rings (SSSR count). The van der Waals surface area contributed by atoms with Gasteiger partial charge in [-0.05, 0) is 43.4 Å². The highest BCUT2D eigenvalue weighted by molar-refractivity contribution is 7.17. The summed E-state index contributed by atoms with van der Waals surface area (Å²) >= 11 is 1.58. The number of aryl methyl sites for hydroxylation is 1. The Bertz CT molecular complexity index is 707. The molecule has 0 unspecified atom stereocenters. The third kappa shape index (κ3) is 3.04. The highest BCUT2D eigenvalue weighted by Gasteiger charge is 2.22. The fraction of sp³-hybridized carbons (Fsp3) is 0.294. The fourth-order valence-corrected chi connectivity index (χ4v) is 3.97. The first-order chi connectivity index (χ1) is 10.6. The fourth-order valence-electron chi connectivity index (χ4n) is 2.73. The van der Waals surface area contributed by atoms with Gasteiger partial charge in [0.2, 0.25) is 5.91 Å². The van der Waals surface area contributed by atoms with Crippen molar-refractivity contribution in [1.82, 2.24) is 0 Å². The van der Waals surface area contributed by atoms with Gasteiger partial charge in [0.1, 0.15) is 5.00 Å². The van der Waals surface area contributed by atoms with E-state index in [0.717, 1.165) is 30.0 Å². The summed E-state index contributed by atoms with van der Waals surface area (Å²) in [6, 6.07) is 9.11. The summed E-state index contributed by atoms with van der Waals surface area (Å²) in [5.41, 5.74) is 2.59. The van der Waals surface area contributed by atoms with Crippen molar-refractivity contribution in [3.8, 4) is 0 Å². The molecule has 1 heterocycles. The summed E-state index contributed by atoms with van der Waals surface area (Å²) < 4.78 is 0. The van der Waals surface area contributed by atoms with Crippen molar-refractivity contribution in [3.63, 3.8) is 0 Å². The molecule has 1 aromatic heterocycles. The zero-order valence-corrected chi connectivity index (χ0v) is 13.3. The van der Waals surface area contributed by atoms with Gasteiger partial charge < -0.3 is 10.6 Å². The first kappa shape index (κ1) is 14.8. The van der Waals surface area contributed by atoms with Crippen LogP contribution in [0.3, 0.4) is 0 Å². The van der Waals surface area contributed by atoms with Gasteiger partial charge in [0, 0.05) is 17.4 Å². The Morgan fingerprint density at radius 2 is 1.77 bits per heavy atom. The highest BCUT2D eigenvalue weighted by Crippen LogP contribution is 2.42. The van der Waals surface area contributed by atoms with Gasteiger partial charge in [0.05, 0.1) is 5.69 Å². The molecule has 1 aliphatic rings. The number of carbonyl (C=O) groups is 2. The molecular weight excluding hydrogens is 296 g/mol. The Kier molecular flexibility index (Phi) is 4.24. The molecule has 2 amide bonds. The van der Waals surface area contributed by atoms with Crippen LogP contribution in [-0.4, -0.2) is 11.8 Å². The molecule has 0 saturated heterocycles. The van der Waals surface area contributed by atoms with Crippen molar-refractivity contribution in [2.45, 2.75) is 32.6 Å². The zero-order valence-electron chi connectivity index (χ0n) is 12.4. The van der Waals surface area contributed by atoms with Crippen LogP contribution in [0.15, 0.2) is 30.3 Å². The Labute approximate surface area is 133 Å². The average Bonchev–Trinajstić information content (AvgIpc) is 2.85. The summed E-state index contributed by atoms with van der Waals surface area (Å²) in [5.74, 6) is -0.257. The van der Waals surface area contributed by atoms with E-state index >= 15 is 0 Å². The van der Waals surface area contributed by atoms with Crippen molar-refractivity contribution < 1.29 is 9.59 Å². The third-order valence-corrected chi connectivity index (χ3v) is 4.94. The lowest BCUT2D eigenvalue weighted by atomic mass is 9.98. The number of thiophene rings is 1. The molecule has 114 valence electrons. The quantitative estimate of drug-likeness (QED) is 0.904. The minimum absolute atomic E-state index is 0.110. The lowest BCUT2D eigenvalue weighted by Crippen LogP contribution is -2.14. The van der Waals surface area contributed by atoms with E-state index < -0.39 is 0 Å². The number of hydrogen-bond donors (Lipinski definition) is 2. The number of nitrogens with one attached hydrogen (secondary N) is 2. The Morgan fingerprint density at radius 1 is 1.05 bits per heavy atom. The monoisotopic (exact) mass is 314 g/mol. The smallest absolute Gasteiger partial charge is 0.256 e. The normalized spacial score (nSPS) is 13.3. The largest absolute Gasteiger partial charge is 0.324 e. The number of hydrogen-bond acceptors (Lipinski definition) is 3. The van der Waals surface area contributed by atoms with Gasteiger partial charge in [-0.15, -0.1) is 11.3 Å². The molecular formula is C17H18N2O2S. The van der Waals surface area contributed by atoms with Crippen molar-refractivity contribution in [2.24, 2.45) is 0 Å². The number of amides is 2. The maximum absolute atomic E-state index is 12.3. The third-order valence-electron chi connectivity index (χ3n) is 3.74. The van der Waals surface area contributed by atoms with Crippen LogP contribution in [0.2, 0.25) is 0 Å². The topological polar surface area (TPSA) is 58.2 Å². The molecule has 0 aliphatic heterocycles. The van der Waals surface area contributed by atoms with Crippen molar-refractivity contribution in [2.75, 3.05) is 10.6 Å². The summed E-state index contributed by atoms with van der Waals surface area (Å²) in [7, 11) is 0. The molecule has 0 radical (unpaired) electrons. The molecule has 22 heavy (non-hydrogen) atoms. The second-order valence-corrected chi connectivity index (χ2v) is 6.52. The first-order valence-electron chi connectivity index (χ1n) is 7.43. The molecule has 2 aromatic rings. The van der Waals surface area contributed by atoms with Crippen LogP contribution in [0.4, 0.5) is 10.7 Å². The van der Waals surface area contributed by atoms with Crippen LogP contribution in [0.25, 0.3) is 0 Å². The van der Waals surface area contributed by atoms with E-state index in [9.17, 15) is 9.59 Å². The predicted molar refractivity (Wildman–Crippen MR) is 89.7 cm³/mol. The number of benzene rings is 1. The molecule has 0 saturated carbocycles. The Balaban J connectivity index is 1.91. The van der Waals surface area contributed by atoms with Crippen molar-refractivity contribution >= 4 is 33.8 Å². The van der Waals surface area contributed by atoms with Crippen LogP contribution < -0.4 is 10.6 Å². The van der Waals surface area contributed by atoms with Gasteiger partial charge in [-0.1, -0.05) is 18.2 Å². The number of fused-ring (bicyclic) bond motifs is 1. The number of carbonyl (C=O) groups excluding carboxylic acids is 2. The standard InChI is InChI=1S/C17H18N2O2S/c1-11(20)18-15-13-9-5-6-10-14(13)22-17(15)19-16(21)12-7-3-2-4-8-12/h2-4,7-8H,5-6,9-10H2,1H3,(H,18,20)(H,19,21). The molecule has 1 aromatic carbocycles. The molecule has 0 bridgehead atoms. The van der Waals surface area contributed by atoms with E-state index in [1.165, 1.54) is 23.8 Å². The highest BCUT2D eigenvalue weighted by atomic mass is 32.1. The Morgan fingerprint density at radius 3 is 2.50 bits per heavy atom. The zero-order chi connectivity index (χ0) is 15.5. The van der Waals surface area contributed by atoms with Gasteiger partial charge >= 0.3 is 0 Å². The van der Waals surface area contributed by atoms with E-state index in [4.69, 9.17) is 0 Å². The maximum Gasteiger partial charge on any atom is 0.256 e. The van der Waals surface area contributed by atoms with E-state index in [2.05, 4.69) is 10.6 Å². The van der Waals surface area contributed by atoms with E-state index in [0.29, 0.717) is 5.56 Å². The Hall–Kier alpha value is -2.14. The van der Waals surface area contributed by atoms with E-state index in [1.807, 2.05) is 18.2 Å².